The highest BCUT2D eigenvalue weighted by molar-refractivity contribution is 6.20. The molecule has 1 aliphatic rings. The first-order valence-electron chi connectivity index (χ1n) is 16.9. The van der Waals surface area contributed by atoms with Crippen LogP contribution in [-0.2, 0) is 0 Å². The van der Waals surface area contributed by atoms with Gasteiger partial charge in [0.2, 0.25) is 0 Å². The monoisotopic (exact) mass is 642 g/mol. The van der Waals surface area contributed by atoms with E-state index in [1.807, 2.05) is 48.5 Å². The molecule has 5 heteroatoms. The molecule has 0 amide bonds. The third-order valence-electron chi connectivity index (χ3n) is 9.66. The van der Waals surface area contributed by atoms with Gasteiger partial charge in [-0.25, -0.2) is 9.98 Å². The minimum atomic E-state index is -0.290. The van der Waals surface area contributed by atoms with Gasteiger partial charge in [0.1, 0.15) is 23.2 Å². The van der Waals surface area contributed by atoms with E-state index < -0.39 is 0 Å². The highest BCUT2D eigenvalue weighted by Crippen LogP contribution is 2.40. The number of benzene rings is 7. The summed E-state index contributed by atoms with van der Waals surface area (Å²) in [7, 11) is 0. The van der Waals surface area contributed by atoms with Crippen molar-refractivity contribution in [1.82, 2.24) is 9.88 Å². The topological polar surface area (TPSA) is 54.8 Å². The van der Waals surface area contributed by atoms with E-state index in [1.165, 1.54) is 21.8 Å². The summed E-state index contributed by atoms with van der Waals surface area (Å²) in [4.78, 5) is 10.1. The maximum Gasteiger partial charge on any atom is 0.159 e. The zero-order valence-electron chi connectivity index (χ0n) is 27.0. The van der Waals surface area contributed by atoms with Gasteiger partial charge in [-0.3, -0.25) is 0 Å². The van der Waals surface area contributed by atoms with Crippen LogP contribution in [0.2, 0.25) is 0 Å². The molecule has 0 bridgehead atoms. The third kappa shape index (κ3) is 4.55. The van der Waals surface area contributed by atoms with Crippen molar-refractivity contribution in [3.05, 3.63) is 187 Å². The van der Waals surface area contributed by atoms with Crippen LogP contribution in [-0.4, -0.2) is 16.2 Å². The molecule has 1 unspecified atom stereocenters. The zero-order valence-corrected chi connectivity index (χ0v) is 27.0. The van der Waals surface area contributed by atoms with E-state index in [2.05, 4.69) is 131 Å². The molecular formula is C45H30N4O. The smallest absolute Gasteiger partial charge is 0.159 e. The summed E-state index contributed by atoms with van der Waals surface area (Å²) < 4.78 is 9.18. The summed E-state index contributed by atoms with van der Waals surface area (Å²) in [5, 5.41) is 8.18. The molecule has 0 spiro atoms. The predicted octanol–water partition coefficient (Wildman–Crippen LogP) is 10.8. The molecule has 0 radical (unpaired) electrons. The number of nitrogens with zero attached hydrogens (tertiary/aromatic N) is 3. The molecule has 3 heterocycles. The van der Waals surface area contributed by atoms with Crippen LogP contribution >= 0.6 is 0 Å². The van der Waals surface area contributed by atoms with Crippen LogP contribution in [0, 0.1) is 0 Å². The molecule has 0 aliphatic carbocycles. The van der Waals surface area contributed by atoms with Crippen LogP contribution < -0.4 is 5.32 Å². The predicted molar refractivity (Wildman–Crippen MR) is 205 cm³/mol. The molecule has 7 aromatic carbocycles. The lowest BCUT2D eigenvalue weighted by molar-refractivity contribution is 0.660. The van der Waals surface area contributed by atoms with Gasteiger partial charge in [0.25, 0.3) is 0 Å². The number of aliphatic imine (C=N–C) groups is 2. The van der Waals surface area contributed by atoms with Gasteiger partial charge in [-0.05, 0) is 47.5 Å². The number of aromatic nitrogens is 1. The first-order chi connectivity index (χ1) is 24.8. The minimum absolute atomic E-state index is 0.290. The second-order valence-electron chi connectivity index (χ2n) is 12.6. The maximum atomic E-state index is 6.80. The standard InChI is InChI=1S/C45H30N4O/c1-4-14-29(15-5-1)43-46-44(30-16-6-2-7-17-30)48-45(47-43)38-24-13-23-37-35-27-26-31(28-40(35)50-42(37)38)33-21-12-22-36-34-20-10-11-25-39(34)49(41(33)36)32-18-8-3-9-19-32/h1-28,43H,(H,46,47,48). The lowest BCUT2D eigenvalue weighted by Gasteiger charge is -2.23. The highest BCUT2D eigenvalue weighted by atomic mass is 16.3. The van der Waals surface area contributed by atoms with Gasteiger partial charge in [-0.15, -0.1) is 0 Å². The Morgan fingerprint density at radius 1 is 0.540 bits per heavy atom. The van der Waals surface area contributed by atoms with Gasteiger partial charge in [0.15, 0.2) is 5.84 Å². The summed E-state index contributed by atoms with van der Waals surface area (Å²) in [6, 6.07) is 59.1. The Morgan fingerprint density at radius 2 is 1.22 bits per heavy atom. The summed E-state index contributed by atoms with van der Waals surface area (Å²) in [5.74, 6) is 1.42. The summed E-state index contributed by atoms with van der Waals surface area (Å²) in [6.07, 6.45) is -0.290. The van der Waals surface area contributed by atoms with Crippen LogP contribution in [0.3, 0.4) is 0 Å². The average molecular weight is 643 g/mol. The quantitative estimate of drug-likeness (QED) is 0.203. The number of hydrogen-bond donors (Lipinski definition) is 1. The van der Waals surface area contributed by atoms with Gasteiger partial charge >= 0.3 is 0 Å². The van der Waals surface area contributed by atoms with Gasteiger partial charge < -0.3 is 14.3 Å². The molecule has 5 nitrogen and oxygen atoms in total. The van der Waals surface area contributed by atoms with E-state index in [0.717, 1.165) is 61.3 Å². The van der Waals surface area contributed by atoms with Crippen molar-refractivity contribution >= 4 is 55.4 Å². The van der Waals surface area contributed by atoms with Crippen LogP contribution in [0.25, 0.3) is 60.6 Å². The molecule has 1 atom stereocenters. The van der Waals surface area contributed by atoms with Crippen LogP contribution in [0.4, 0.5) is 0 Å². The second-order valence-corrected chi connectivity index (χ2v) is 12.6. The molecule has 1 N–H and O–H groups in total. The summed E-state index contributed by atoms with van der Waals surface area (Å²) >= 11 is 0. The van der Waals surface area contributed by atoms with Gasteiger partial charge in [0.05, 0.1) is 16.6 Å². The minimum Gasteiger partial charge on any atom is -0.455 e. The Kier molecular flexibility index (Phi) is 6.49. The SMILES string of the molecule is c1ccc(C2=NC(c3ccccc3)NC(c3cccc4c3oc3cc(-c5cccc6c7ccccc7n(-c7ccccc7)c56)ccc34)=N2)cc1. The molecule has 0 fully saturated rings. The Labute approximate surface area is 288 Å². The first-order valence-corrected chi connectivity index (χ1v) is 16.9. The normalized spacial score (nSPS) is 14.6. The fraction of sp³-hybridized carbons (Fsp3) is 0.0222. The van der Waals surface area contributed by atoms with Gasteiger partial charge in [-0.1, -0.05) is 133 Å². The maximum absolute atomic E-state index is 6.80. The number of furan rings is 1. The van der Waals surface area contributed by atoms with E-state index in [4.69, 9.17) is 14.4 Å². The lowest BCUT2D eigenvalue weighted by atomic mass is 10.00. The molecule has 0 saturated carbocycles. The Balaban J connectivity index is 1.14. The fourth-order valence-corrected chi connectivity index (χ4v) is 7.36. The van der Waals surface area contributed by atoms with E-state index in [-0.39, 0.29) is 6.17 Å². The number of para-hydroxylation sites is 4. The highest BCUT2D eigenvalue weighted by Gasteiger charge is 2.24. The molecule has 1 aliphatic heterocycles. The van der Waals surface area contributed by atoms with Crippen LogP contribution in [0.5, 0.6) is 0 Å². The number of nitrogens with one attached hydrogen (secondary N) is 1. The average Bonchev–Trinajstić information content (AvgIpc) is 3.74. The Morgan fingerprint density at radius 3 is 2.04 bits per heavy atom. The van der Waals surface area contributed by atoms with Crippen molar-refractivity contribution in [3.8, 4) is 16.8 Å². The Bertz CT molecular complexity index is 2780. The molecule has 0 saturated heterocycles. The van der Waals surface area contributed by atoms with Crippen LogP contribution in [0.1, 0.15) is 22.9 Å². The van der Waals surface area contributed by atoms with Crippen molar-refractivity contribution in [1.29, 1.82) is 0 Å². The van der Waals surface area contributed by atoms with Crippen molar-refractivity contribution in [3.63, 3.8) is 0 Å². The molecule has 236 valence electrons. The Hall–Kier alpha value is -6.72. The van der Waals surface area contributed by atoms with Crippen LogP contribution in [0.15, 0.2) is 184 Å². The first kappa shape index (κ1) is 28.3. The fourth-order valence-electron chi connectivity index (χ4n) is 7.36. The van der Waals surface area contributed by atoms with E-state index in [1.54, 1.807) is 0 Å². The number of amidine groups is 2. The lowest BCUT2D eigenvalue weighted by Crippen LogP contribution is -2.33. The summed E-state index contributed by atoms with van der Waals surface area (Å²) in [5.41, 5.74) is 10.3. The van der Waals surface area contributed by atoms with Gasteiger partial charge in [-0.2, -0.15) is 0 Å². The number of rotatable bonds is 5. The van der Waals surface area contributed by atoms with Crippen molar-refractivity contribution < 1.29 is 4.42 Å². The molecule has 2 aromatic heterocycles. The van der Waals surface area contributed by atoms with E-state index in [9.17, 15) is 0 Å². The summed E-state index contributed by atoms with van der Waals surface area (Å²) in [6.45, 7) is 0. The molecule has 50 heavy (non-hydrogen) atoms. The van der Waals surface area contributed by atoms with E-state index >= 15 is 0 Å². The number of fused-ring (bicyclic) bond motifs is 6. The third-order valence-corrected chi connectivity index (χ3v) is 9.66. The largest absolute Gasteiger partial charge is 0.455 e. The van der Waals surface area contributed by atoms with Crippen molar-refractivity contribution in [2.45, 2.75) is 6.17 Å². The molecular weight excluding hydrogens is 613 g/mol. The zero-order chi connectivity index (χ0) is 33.0. The van der Waals surface area contributed by atoms with Crippen molar-refractivity contribution in [2.24, 2.45) is 9.98 Å². The van der Waals surface area contributed by atoms with E-state index in [0.29, 0.717) is 5.84 Å². The molecule has 9 aromatic rings. The van der Waals surface area contributed by atoms with Crippen molar-refractivity contribution in [2.75, 3.05) is 0 Å². The number of hydrogen-bond acceptors (Lipinski definition) is 4. The van der Waals surface area contributed by atoms with Gasteiger partial charge in [0, 0.05) is 38.4 Å². The second kappa shape index (κ2) is 11.5. The molecule has 10 rings (SSSR count).